The highest BCUT2D eigenvalue weighted by atomic mass is 32.2. The highest BCUT2D eigenvalue weighted by Gasteiger charge is 2.01. The molecule has 0 saturated carbocycles. The minimum Gasteiger partial charge on any atom is -0.493 e. The van der Waals surface area contributed by atoms with Crippen LogP contribution in [0, 0.1) is 6.92 Å². The number of aliphatic hydroxyl groups is 1. The van der Waals surface area contributed by atoms with Gasteiger partial charge in [-0.05, 0) is 31.0 Å². The van der Waals surface area contributed by atoms with E-state index in [4.69, 9.17) is 9.84 Å². The second kappa shape index (κ2) is 7.58. The van der Waals surface area contributed by atoms with Crippen molar-refractivity contribution in [3.63, 3.8) is 0 Å². The zero-order valence-corrected chi connectivity index (χ0v) is 10.8. The lowest BCUT2D eigenvalue weighted by molar-refractivity contribution is 0.288. The van der Waals surface area contributed by atoms with E-state index in [2.05, 4.69) is 19.9 Å². The van der Waals surface area contributed by atoms with Gasteiger partial charge in [0.2, 0.25) is 0 Å². The molecule has 1 aromatic carbocycles. The van der Waals surface area contributed by atoms with E-state index in [0.29, 0.717) is 5.25 Å². The van der Waals surface area contributed by atoms with Crippen LogP contribution in [0.4, 0.5) is 0 Å². The lowest BCUT2D eigenvalue weighted by Gasteiger charge is -2.10. The van der Waals surface area contributed by atoms with E-state index in [0.717, 1.165) is 24.5 Å². The first-order chi connectivity index (χ1) is 7.72. The summed E-state index contributed by atoms with van der Waals surface area (Å²) in [6.07, 6.45) is 0.856. The predicted molar refractivity (Wildman–Crippen MR) is 70.3 cm³/mol. The van der Waals surface area contributed by atoms with Crippen LogP contribution in [0.2, 0.25) is 0 Å². The summed E-state index contributed by atoms with van der Waals surface area (Å²) in [6.45, 7) is 5.19. The van der Waals surface area contributed by atoms with Gasteiger partial charge in [0.05, 0.1) is 6.61 Å². The van der Waals surface area contributed by atoms with Crippen LogP contribution in [-0.4, -0.2) is 29.3 Å². The highest BCUT2D eigenvalue weighted by molar-refractivity contribution is 7.99. The first-order valence-corrected chi connectivity index (χ1v) is 6.69. The minimum absolute atomic E-state index is 0.271. The van der Waals surface area contributed by atoms with E-state index in [1.807, 2.05) is 30.0 Å². The molecule has 0 aliphatic heterocycles. The van der Waals surface area contributed by atoms with E-state index < -0.39 is 0 Å². The summed E-state index contributed by atoms with van der Waals surface area (Å²) in [7, 11) is 0. The molecule has 0 heterocycles. The number of ether oxygens (including phenoxy) is 1. The predicted octanol–water partition coefficient (Wildman–Crippen LogP) is 2.88. The third kappa shape index (κ3) is 5.42. The zero-order chi connectivity index (χ0) is 11.8. The van der Waals surface area contributed by atoms with Crippen LogP contribution in [0.3, 0.4) is 0 Å². The smallest absolute Gasteiger partial charge is 0.119 e. The topological polar surface area (TPSA) is 29.5 Å². The van der Waals surface area contributed by atoms with E-state index in [9.17, 15) is 0 Å². The Morgan fingerprint density at radius 3 is 2.94 bits per heavy atom. The van der Waals surface area contributed by atoms with Crippen molar-refractivity contribution in [2.45, 2.75) is 25.5 Å². The molecular weight excluding hydrogens is 220 g/mol. The van der Waals surface area contributed by atoms with Gasteiger partial charge in [-0.1, -0.05) is 19.1 Å². The van der Waals surface area contributed by atoms with Gasteiger partial charge >= 0.3 is 0 Å². The number of rotatable bonds is 7. The van der Waals surface area contributed by atoms with Crippen molar-refractivity contribution in [1.82, 2.24) is 0 Å². The third-order valence-corrected chi connectivity index (χ3v) is 3.49. The lowest BCUT2D eigenvalue weighted by Crippen LogP contribution is -2.06. The van der Waals surface area contributed by atoms with Gasteiger partial charge in [-0.15, -0.1) is 0 Å². The van der Waals surface area contributed by atoms with Gasteiger partial charge in [0.1, 0.15) is 5.75 Å². The third-order valence-electron chi connectivity index (χ3n) is 2.28. The molecule has 16 heavy (non-hydrogen) atoms. The van der Waals surface area contributed by atoms with E-state index in [1.54, 1.807) is 0 Å². The van der Waals surface area contributed by atoms with Crippen molar-refractivity contribution < 1.29 is 9.84 Å². The van der Waals surface area contributed by atoms with Crippen molar-refractivity contribution in [2.75, 3.05) is 19.0 Å². The standard InChI is InChI=1S/C13H20O2S/c1-11-4-3-5-13(10-11)15-8-9-16-12(2)6-7-14/h3-5,10,12,14H,6-9H2,1-2H3. The van der Waals surface area contributed by atoms with Crippen LogP contribution in [0.5, 0.6) is 5.75 Å². The Balaban J connectivity index is 2.16. The van der Waals surface area contributed by atoms with Gasteiger partial charge in [0.15, 0.2) is 0 Å². The molecule has 2 nitrogen and oxygen atoms in total. The van der Waals surface area contributed by atoms with Gasteiger partial charge < -0.3 is 9.84 Å². The van der Waals surface area contributed by atoms with Crippen LogP contribution in [-0.2, 0) is 0 Å². The average molecular weight is 240 g/mol. The number of hydrogen-bond acceptors (Lipinski definition) is 3. The van der Waals surface area contributed by atoms with E-state index >= 15 is 0 Å². The van der Waals surface area contributed by atoms with Gasteiger partial charge in [-0.2, -0.15) is 11.8 Å². The monoisotopic (exact) mass is 240 g/mol. The molecule has 90 valence electrons. The summed E-state index contributed by atoms with van der Waals surface area (Å²) in [6, 6.07) is 8.09. The summed E-state index contributed by atoms with van der Waals surface area (Å²) in [5, 5.41) is 9.26. The van der Waals surface area contributed by atoms with Crippen LogP contribution < -0.4 is 4.74 Å². The normalized spacial score (nSPS) is 12.4. The first kappa shape index (κ1) is 13.4. The lowest BCUT2D eigenvalue weighted by atomic mass is 10.2. The largest absolute Gasteiger partial charge is 0.493 e. The summed E-state index contributed by atoms with van der Waals surface area (Å²) >= 11 is 1.84. The molecular formula is C13H20O2S. The Bertz CT molecular complexity index is 302. The maximum atomic E-state index is 8.76. The van der Waals surface area contributed by atoms with Crippen molar-refractivity contribution in [3.8, 4) is 5.75 Å². The summed E-state index contributed by atoms with van der Waals surface area (Å²) < 4.78 is 5.63. The molecule has 1 aromatic rings. The summed E-state index contributed by atoms with van der Waals surface area (Å²) in [5.41, 5.74) is 1.22. The molecule has 0 aromatic heterocycles. The molecule has 1 rings (SSSR count). The molecule has 0 bridgehead atoms. The Kier molecular flexibility index (Phi) is 6.34. The van der Waals surface area contributed by atoms with Crippen molar-refractivity contribution in [3.05, 3.63) is 29.8 Å². The molecule has 0 amide bonds. The molecule has 0 spiro atoms. The van der Waals surface area contributed by atoms with Crippen LogP contribution in [0.25, 0.3) is 0 Å². The van der Waals surface area contributed by atoms with Gasteiger partial charge in [0, 0.05) is 17.6 Å². The first-order valence-electron chi connectivity index (χ1n) is 5.64. The quantitative estimate of drug-likeness (QED) is 0.743. The van der Waals surface area contributed by atoms with Crippen molar-refractivity contribution in [1.29, 1.82) is 0 Å². The van der Waals surface area contributed by atoms with Crippen LogP contribution in [0.1, 0.15) is 18.9 Å². The molecule has 1 atom stereocenters. The fourth-order valence-electron chi connectivity index (χ4n) is 1.38. The molecule has 0 aliphatic carbocycles. The highest BCUT2D eigenvalue weighted by Crippen LogP contribution is 2.15. The summed E-state index contributed by atoms with van der Waals surface area (Å²) in [4.78, 5) is 0. The van der Waals surface area contributed by atoms with Gasteiger partial charge in [-0.25, -0.2) is 0 Å². The Hall–Kier alpha value is -0.670. The minimum atomic E-state index is 0.271. The number of hydrogen-bond donors (Lipinski definition) is 1. The molecule has 0 fully saturated rings. The molecule has 3 heteroatoms. The maximum absolute atomic E-state index is 8.76. The second-order valence-corrected chi connectivity index (χ2v) is 5.40. The fraction of sp³-hybridized carbons (Fsp3) is 0.538. The fourth-order valence-corrected chi connectivity index (χ4v) is 2.23. The van der Waals surface area contributed by atoms with Gasteiger partial charge in [-0.3, -0.25) is 0 Å². The molecule has 1 unspecified atom stereocenters. The number of aryl methyl sites for hydroxylation is 1. The van der Waals surface area contributed by atoms with Crippen LogP contribution in [0.15, 0.2) is 24.3 Å². The number of thioether (sulfide) groups is 1. The Morgan fingerprint density at radius 1 is 1.44 bits per heavy atom. The number of aliphatic hydroxyl groups excluding tert-OH is 1. The Morgan fingerprint density at radius 2 is 2.25 bits per heavy atom. The van der Waals surface area contributed by atoms with E-state index in [1.165, 1.54) is 5.56 Å². The van der Waals surface area contributed by atoms with Gasteiger partial charge in [0.25, 0.3) is 0 Å². The zero-order valence-electron chi connectivity index (χ0n) is 9.98. The summed E-state index contributed by atoms with van der Waals surface area (Å²) in [5.74, 6) is 1.91. The maximum Gasteiger partial charge on any atom is 0.119 e. The van der Waals surface area contributed by atoms with Crippen molar-refractivity contribution in [2.24, 2.45) is 0 Å². The number of benzene rings is 1. The average Bonchev–Trinajstić information content (AvgIpc) is 2.25. The Labute approximate surface area is 102 Å². The van der Waals surface area contributed by atoms with Crippen molar-refractivity contribution >= 4 is 11.8 Å². The van der Waals surface area contributed by atoms with E-state index in [-0.39, 0.29) is 6.61 Å². The van der Waals surface area contributed by atoms with Crippen LogP contribution >= 0.6 is 11.8 Å². The molecule has 0 radical (unpaired) electrons. The molecule has 0 saturated heterocycles. The second-order valence-electron chi connectivity index (χ2n) is 3.86. The molecule has 1 N–H and O–H groups in total. The molecule has 0 aliphatic rings. The SMILES string of the molecule is Cc1cccc(OCCSC(C)CCO)c1.